The molecule has 6 heteroatoms. The van der Waals surface area contributed by atoms with Crippen molar-refractivity contribution in [2.45, 2.75) is 31.1 Å². The molecule has 2 aromatic rings. The van der Waals surface area contributed by atoms with Gasteiger partial charge < -0.3 is 5.32 Å². The third kappa shape index (κ3) is 4.01. The first-order valence-corrected chi connectivity index (χ1v) is 9.62. The Morgan fingerprint density at radius 3 is 2.54 bits per heavy atom. The number of benzene rings is 2. The maximum absolute atomic E-state index is 12.5. The van der Waals surface area contributed by atoms with Crippen LogP contribution in [0.25, 0.3) is 0 Å². The van der Waals surface area contributed by atoms with Crippen molar-refractivity contribution < 1.29 is 13.2 Å². The molecule has 0 unspecified atom stereocenters. The molecule has 3 rings (SSSR count). The fraction of sp³-hybridized carbons (Fsp3) is 0.278. The summed E-state index contributed by atoms with van der Waals surface area (Å²) in [6.45, 7) is 0. The number of rotatable bonds is 4. The van der Waals surface area contributed by atoms with Gasteiger partial charge in [-0.3, -0.25) is 4.79 Å². The Balaban J connectivity index is 1.72. The SMILES string of the molecule is NS(=O)(=O)Cc1ccc(C(=O)N[C@H]2CCCc3ccccc32)cc1. The highest BCUT2D eigenvalue weighted by molar-refractivity contribution is 7.88. The van der Waals surface area contributed by atoms with Crippen molar-refractivity contribution in [1.29, 1.82) is 0 Å². The van der Waals surface area contributed by atoms with Crippen LogP contribution in [0.2, 0.25) is 0 Å². The second kappa shape index (κ2) is 6.75. The van der Waals surface area contributed by atoms with Crippen molar-refractivity contribution in [2.24, 2.45) is 5.14 Å². The zero-order valence-corrected chi connectivity index (χ0v) is 14.1. The monoisotopic (exact) mass is 344 g/mol. The van der Waals surface area contributed by atoms with E-state index in [4.69, 9.17) is 5.14 Å². The van der Waals surface area contributed by atoms with Gasteiger partial charge >= 0.3 is 0 Å². The van der Waals surface area contributed by atoms with E-state index >= 15 is 0 Å². The first-order chi connectivity index (χ1) is 11.4. The summed E-state index contributed by atoms with van der Waals surface area (Å²) in [5.74, 6) is -0.385. The van der Waals surface area contributed by atoms with E-state index in [0.29, 0.717) is 11.1 Å². The third-order valence-electron chi connectivity index (χ3n) is 4.26. The molecule has 1 amide bonds. The van der Waals surface area contributed by atoms with Gasteiger partial charge in [0, 0.05) is 5.56 Å². The minimum atomic E-state index is -3.57. The number of hydrogen-bond donors (Lipinski definition) is 2. The number of nitrogens with two attached hydrogens (primary N) is 1. The summed E-state index contributed by atoms with van der Waals surface area (Å²) >= 11 is 0. The van der Waals surface area contributed by atoms with Crippen LogP contribution in [0.5, 0.6) is 0 Å². The number of sulfonamides is 1. The van der Waals surface area contributed by atoms with Gasteiger partial charge in [-0.05, 0) is 48.1 Å². The highest BCUT2D eigenvalue weighted by Gasteiger charge is 2.21. The van der Waals surface area contributed by atoms with Crippen LogP contribution in [-0.2, 0) is 22.2 Å². The standard InChI is InChI=1S/C18H20N2O3S/c19-24(22,23)12-13-8-10-15(11-9-13)18(21)20-17-7-3-5-14-4-1-2-6-16(14)17/h1-2,4,6,8-11,17H,3,5,7,12H2,(H,20,21)(H2,19,22,23)/t17-/m0/s1. The van der Waals surface area contributed by atoms with Gasteiger partial charge in [-0.25, -0.2) is 13.6 Å². The molecule has 126 valence electrons. The van der Waals surface area contributed by atoms with Crippen molar-refractivity contribution in [1.82, 2.24) is 5.32 Å². The Labute approximate surface area is 141 Å². The number of hydrogen-bond acceptors (Lipinski definition) is 3. The first-order valence-electron chi connectivity index (χ1n) is 7.90. The molecule has 0 radical (unpaired) electrons. The summed E-state index contributed by atoms with van der Waals surface area (Å²) in [5, 5.41) is 8.10. The van der Waals surface area contributed by atoms with Crippen molar-refractivity contribution in [3.8, 4) is 0 Å². The van der Waals surface area contributed by atoms with Crippen molar-refractivity contribution >= 4 is 15.9 Å². The van der Waals surface area contributed by atoms with Gasteiger partial charge in [0.15, 0.2) is 0 Å². The number of primary sulfonamides is 1. The van der Waals surface area contributed by atoms with E-state index in [1.54, 1.807) is 24.3 Å². The second-order valence-corrected chi connectivity index (χ2v) is 7.74. The fourth-order valence-corrected chi connectivity index (χ4v) is 3.79. The largest absolute Gasteiger partial charge is 0.345 e. The van der Waals surface area contributed by atoms with Crippen LogP contribution in [0.4, 0.5) is 0 Å². The molecular weight excluding hydrogens is 324 g/mol. The molecule has 0 bridgehead atoms. The van der Waals surface area contributed by atoms with E-state index in [2.05, 4.69) is 17.4 Å². The first kappa shape index (κ1) is 16.7. The number of nitrogens with one attached hydrogen (secondary N) is 1. The number of carbonyl (C=O) groups excluding carboxylic acids is 1. The zero-order valence-electron chi connectivity index (χ0n) is 13.2. The Hall–Kier alpha value is -2.18. The lowest BCUT2D eigenvalue weighted by molar-refractivity contribution is 0.0932. The molecule has 0 aliphatic heterocycles. The average Bonchev–Trinajstić information content (AvgIpc) is 2.54. The lowest BCUT2D eigenvalue weighted by Crippen LogP contribution is -2.30. The third-order valence-corrected chi connectivity index (χ3v) is 4.99. The number of amides is 1. The molecule has 1 aliphatic rings. The predicted molar refractivity (Wildman–Crippen MR) is 92.8 cm³/mol. The molecule has 3 N–H and O–H groups in total. The normalized spacial score (nSPS) is 17.1. The van der Waals surface area contributed by atoms with Crippen LogP contribution in [0.1, 0.15) is 45.9 Å². The lowest BCUT2D eigenvalue weighted by atomic mass is 9.87. The molecule has 1 aliphatic carbocycles. The number of fused-ring (bicyclic) bond motifs is 1. The maximum Gasteiger partial charge on any atom is 0.251 e. The second-order valence-electron chi connectivity index (χ2n) is 6.12. The molecule has 0 saturated carbocycles. The van der Waals surface area contributed by atoms with Crippen molar-refractivity contribution in [3.05, 3.63) is 70.8 Å². The Morgan fingerprint density at radius 2 is 1.83 bits per heavy atom. The fourth-order valence-electron chi connectivity index (χ4n) is 3.13. The van der Waals surface area contributed by atoms with Crippen LogP contribution < -0.4 is 10.5 Å². The van der Waals surface area contributed by atoms with Gasteiger partial charge in [-0.1, -0.05) is 36.4 Å². The Kier molecular flexibility index (Phi) is 4.69. The van der Waals surface area contributed by atoms with E-state index in [1.165, 1.54) is 11.1 Å². The van der Waals surface area contributed by atoms with Crippen LogP contribution >= 0.6 is 0 Å². The summed E-state index contributed by atoms with van der Waals surface area (Å²) in [5.41, 5.74) is 3.55. The molecule has 5 nitrogen and oxygen atoms in total. The summed E-state index contributed by atoms with van der Waals surface area (Å²) in [6, 6.07) is 14.7. The minimum Gasteiger partial charge on any atom is -0.345 e. The van der Waals surface area contributed by atoms with Gasteiger partial charge in [0.1, 0.15) is 0 Å². The number of aryl methyl sites for hydroxylation is 1. The van der Waals surface area contributed by atoms with E-state index in [0.717, 1.165) is 19.3 Å². The molecule has 0 heterocycles. The molecule has 0 saturated heterocycles. The van der Waals surface area contributed by atoms with Gasteiger partial charge in [0.05, 0.1) is 11.8 Å². The number of carbonyl (C=O) groups is 1. The van der Waals surface area contributed by atoms with Crippen LogP contribution in [0.15, 0.2) is 48.5 Å². The van der Waals surface area contributed by atoms with Gasteiger partial charge in [0.25, 0.3) is 5.91 Å². The zero-order chi connectivity index (χ0) is 17.2. The van der Waals surface area contributed by atoms with Crippen LogP contribution in [-0.4, -0.2) is 14.3 Å². The highest BCUT2D eigenvalue weighted by Crippen LogP contribution is 2.29. The summed E-state index contributed by atoms with van der Waals surface area (Å²) in [6.07, 6.45) is 3.02. The van der Waals surface area contributed by atoms with Gasteiger partial charge in [-0.2, -0.15) is 0 Å². The smallest absolute Gasteiger partial charge is 0.251 e. The van der Waals surface area contributed by atoms with Gasteiger partial charge in [-0.15, -0.1) is 0 Å². The van der Waals surface area contributed by atoms with Crippen molar-refractivity contribution in [3.63, 3.8) is 0 Å². The molecule has 2 aromatic carbocycles. The summed E-state index contributed by atoms with van der Waals surface area (Å²) in [4.78, 5) is 12.5. The predicted octanol–water partition coefficient (Wildman–Crippen LogP) is 2.28. The molecule has 24 heavy (non-hydrogen) atoms. The van der Waals surface area contributed by atoms with E-state index < -0.39 is 10.0 Å². The quantitative estimate of drug-likeness (QED) is 0.892. The summed E-state index contributed by atoms with van der Waals surface area (Å²) < 4.78 is 22.2. The lowest BCUT2D eigenvalue weighted by Gasteiger charge is -2.26. The van der Waals surface area contributed by atoms with Crippen molar-refractivity contribution in [2.75, 3.05) is 0 Å². The molecule has 0 spiro atoms. The average molecular weight is 344 g/mol. The summed E-state index contributed by atoms with van der Waals surface area (Å²) in [7, 11) is -3.57. The molecule has 0 aromatic heterocycles. The van der Waals surface area contributed by atoms with E-state index in [-0.39, 0.29) is 17.7 Å². The molecule has 1 atom stereocenters. The highest BCUT2D eigenvalue weighted by atomic mass is 32.2. The topological polar surface area (TPSA) is 89.3 Å². The van der Waals surface area contributed by atoms with Gasteiger partial charge in [0.2, 0.25) is 10.0 Å². The minimum absolute atomic E-state index is 0.0200. The van der Waals surface area contributed by atoms with E-state index in [9.17, 15) is 13.2 Å². The Bertz CT molecular complexity index is 845. The Morgan fingerprint density at radius 1 is 1.12 bits per heavy atom. The van der Waals surface area contributed by atoms with Crippen LogP contribution in [0.3, 0.4) is 0 Å². The van der Waals surface area contributed by atoms with Crippen LogP contribution in [0, 0.1) is 0 Å². The molecule has 0 fully saturated rings. The maximum atomic E-state index is 12.5. The van der Waals surface area contributed by atoms with E-state index in [1.807, 2.05) is 12.1 Å². The molecular formula is C18H20N2O3S.